The standard InChI is InChI=1S/C13H11NO7/c15-8(16)4-2-6(13(19)20)14-11(17)5-1-3-7-10(21-7)9(5)12(14)18/h1,3,6-7,10H,2,4H2,(H,15,16)(H,19,20). The van der Waals surface area contributed by atoms with Crippen molar-refractivity contribution in [2.24, 2.45) is 0 Å². The molecule has 3 unspecified atom stereocenters. The van der Waals surface area contributed by atoms with Gasteiger partial charge in [-0.2, -0.15) is 0 Å². The van der Waals surface area contributed by atoms with Crippen LogP contribution in [0, 0.1) is 0 Å². The number of fused-ring (bicyclic) bond motifs is 2. The first kappa shape index (κ1) is 13.5. The van der Waals surface area contributed by atoms with Crippen LogP contribution in [0.25, 0.3) is 0 Å². The van der Waals surface area contributed by atoms with Crippen LogP contribution in [0.3, 0.4) is 0 Å². The van der Waals surface area contributed by atoms with Gasteiger partial charge in [0.2, 0.25) is 0 Å². The fraction of sp³-hybridized carbons (Fsp3) is 0.385. The minimum atomic E-state index is -1.49. The molecular formula is C13H11NO7. The molecule has 0 aromatic carbocycles. The highest BCUT2D eigenvalue weighted by Gasteiger charge is 2.54. The number of carbonyl (C=O) groups is 4. The van der Waals surface area contributed by atoms with Crippen molar-refractivity contribution in [3.63, 3.8) is 0 Å². The average molecular weight is 293 g/mol. The van der Waals surface area contributed by atoms with Gasteiger partial charge in [-0.15, -0.1) is 0 Å². The molecule has 0 saturated carbocycles. The predicted molar refractivity (Wildman–Crippen MR) is 65.0 cm³/mol. The normalized spacial score (nSPS) is 27.5. The molecule has 0 spiro atoms. The minimum absolute atomic E-state index is 0.139. The number of epoxide rings is 1. The summed E-state index contributed by atoms with van der Waals surface area (Å²) in [7, 11) is 0. The van der Waals surface area contributed by atoms with Gasteiger partial charge in [-0.3, -0.25) is 19.3 Å². The molecule has 3 rings (SSSR count). The van der Waals surface area contributed by atoms with Gasteiger partial charge in [0.1, 0.15) is 18.2 Å². The number of amides is 2. The van der Waals surface area contributed by atoms with Crippen LogP contribution < -0.4 is 0 Å². The first-order valence-electron chi connectivity index (χ1n) is 6.32. The van der Waals surface area contributed by atoms with E-state index in [1.54, 1.807) is 6.08 Å². The summed E-state index contributed by atoms with van der Waals surface area (Å²) in [6, 6.07) is -1.49. The molecule has 2 N–H and O–H groups in total. The van der Waals surface area contributed by atoms with Crippen LogP contribution in [-0.2, 0) is 23.9 Å². The van der Waals surface area contributed by atoms with Gasteiger partial charge in [0.05, 0.1) is 11.1 Å². The number of imide groups is 1. The number of ether oxygens (including phenoxy) is 1. The topological polar surface area (TPSA) is 125 Å². The Labute approximate surface area is 118 Å². The van der Waals surface area contributed by atoms with Gasteiger partial charge in [0.25, 0.3) is 11.8 Å². The zero-order valence-corrected chi connectivity index (χ0v) is 10.7. The van der Waals surface area contributed by atoms with Crippen molar-refractivity contribution in [1.82, 2.24) is 4.90 Å². The number of carboxylic acids is 2. The zero-order chi connectivity index (χ0) is 15.3. The molecule has 110 valence electrons. The van der Waals surface area contributed by atoms with Gasteiger partial charge in [-0.1, -0.05) is 12.2 Å². The third kappa shape index (κ3) is 2.04. The van der Waals surface area contributed by atoms with Crippen molar-refractivity contribution in [2.45, 2.75) is 31.1 Å². The molecular weight excluding hydrogens is 282 g/mol. The molecule has 1 fully saturated rings. The Morgan fingerprint density at radius 3 is 2.62 bits per heavy atom. The summed E-state index contributed by atoms with van der Waals surface area (Å²) in [6.07, 6.45) is 1.60. The molecule has 21 heavy (non-hydrogen) atoms. The van der Waals surface area contributed by atoms with E-state index in [0.717, 1.165) is 0 Å². The largest absolute Gasteiger partial charge is 0.481 e. The van der Waals surface area contributed by atoms with E-state index in [-0.39, 0.29) is 23.7 Å². The van der Waals surface area contributed by atoms with Crippen LogP contribution in [0.4, 0.5) is 0 Å². The van der Waals surface area contributed by atoms with E-state index in [1.807, 2.05) is 0 Å². The number of aliphatic carboxylic acids is 2. The molecule has 0 aromatic heterocycles. The van der Waals surface area contributed by atoms with Crippen LogP contribution in [0.2, 0.25) is 0 Å². The van der Waals surface area contributed by atoms with Gasteiger partial charge in [-0.05, 0) is 6.42 Å². The maximum Gasteiger partial charge on any atom is 0.326 e. The summed E-state index contributed by atoms with van der Waals surface area (Å²) in [4.78, 5) is 47.0. The maximum atomic E-state index is 12.3. The summed E-state index contributed by atoms with van der Waals surface area (Å²) in [5, 5.41) is 17.8. The third-order valence-electron chi connectivity index (χ3n) is 3.68. The molecule has 1 saturated heterocycles. The van der Waals surface area contributed by atoms with Gasteiger partial charge in [0.15, 0.2) is 0 Å². The van der Waals surface area contributed by atoms with Crippen molar-refractivity contribution in [1.29, 1.82) is 0 Å². The summed E-state index contributed by atoms with van der Waals surface area (Å²) in [5.41, 5.74) is 0.314. The van der Waals surface area contributed by atoms with Gasteiger partial charge < -0.3 is 14.9 Å². The van der Waals surface area contributed by atoms with E-state index in [1.165, 1.54) is 6.08 Å². The van der Waals surface area contributed by atoms with E-state index in [0.29, 0.717) is 4.90 Å². The average Bonchev–Trinajstić information content (AvgIpc) is 3.14. The van der Waals surface area contributed by atoms with Gasteiger partial charge >= 0.3 is 11.9 Å². The van der Waals surface area contributed by atoms with Gasteiger partial charge in [-0.25, -0.2) is 4.79 Å². The van der Waals surface area contributed by atoms with Crippen molar-refractivity contribution in [3.8, 4) is 0 Å². The van der Waals surface area contributed by atoms with Crippen LogP contribution >= 0.6 is 0 Å². The Balaban J connectivity index is 1.87. The van der Waals surface area contributed by atoms with Crippen molar-refractivity contribution in [3.05, 3.63) is 23.3 Å². The van der Waals surface area contributed by atoms with E-state index in [2.05, 4.69) is 0 Å². The fourth-order valence-electron chi connectivity index (χ4n) is 2.62. The van der Waals surface area contributed by atoms with E-state index < -0.39 is 42.3 Å². The Hall–Kier alpha value is -2.48. The quantitative estimate of drug-likeness (QED) is 0.507. The lowest BCUT2D eigenvalue weighted by atomic mass is 10.00. The Bertz CT molecular complexity index is 632. The molecule has 8 nitrogen and oxygen atoms in total. The van der Waals surface area contributed by atoms with Crippen molar-refractivity contribution < 1.29 is 34.1 Å². The lowest BCUT2D eigenvalue weighted by Crippen LogP contribution is -2.46. The second-order valence-corrected chi connectivity index (χ2v) is 4.97. The first-order valence-corrected chi connectivity index (χ1v) is 6.32. The molecule has 0 aromatic rings. The lowest BCUT2D eigenvalue weighted by molar-refractivity contribution is -0.154. The SMILES string of the molecule is O=C(O)CCC(C(=O)O)N1C(=O)C2=C(C1=O)C1OC1C=C2. The molecule has 2 amide bonds. The highest BCUT2D eigenvalue weighted by molar-refractivity contribution is 6.23. The highest BCUT2D eigenvalue weighted by atomic mass is 16.6. The Morgan fingerprint density at radius 1 is 1.29 bits per heavy atom. The van der Waals surface area contributed by atoms with Crippen LogP contribution in [0.15, 0.2) is 23.3 Å². The minimum Gasteiger partial charge on any atom is -0.481 e. The number of hydrogen-bond acceptors (Lipinski definition) is 5. The zero-order valence-electron chi connectivity index (χ0n) is 10.7. The molecule has 2 heterocycles. The van der Waals surface area contributed by atoms with Crippen LogP contribution in [0.5, 0.6) is 0 Å². The molecule has 3 atom stereocenters. The van der Waals surface area contributed by atoms with E-state index in [9.17, 15) is 24.3 Å². The van der Waals surface area contributed by atoms with Crippen LogP contribution in [-0.4, -0.2) is 57.1 Å². The number of rotatable bonds is 5. The maximum absolute atomic E-state index is 12.3. The van der Waals surface area contributed by atoms with E-state index in [4.69, 9.17) is 9.84 Å². The second-order valence-electron chi connectivity index (χ2n) is 4.97. The number of nitrogens with zero attached hydrogens (tertiary/aromatic N) is 1. The second kappa shape index (κ2) is 4.52. The number of hydrogen-bond donors (Lipinski definition) is 2. The lowest BCUT2D eigenvalue weighted by Gasteiger charge is -2.22. The van der Waals surface area contributed by atoms with Crippen molar-refractivity contribution in [2.75, 3.05) is 0 Å². The first-order chi connectivity index (χ1) is 9.91. The van der Waals surface area contributed by atoms with E-state index >= 15 is 0 Å². The summed E-state index contributed by atoms with van der Waals surface area (Å²) < 4.78 is 5.21. The monoisotopic (exact) mass is 293 g/mol. The van der Waals surface area contributed by atoms with Gasteiger partial charge in [0, 0.05) is 6.42 Å². The predicted octanol–water partition coefficient (Wildman–Crippen LogP) is -0.693. The number of carboxylic acid groups (broad SMARTS) is 2. The highest BCUT2D eigenvalue weighted by Crippen LogP contribution is 2.41. The Kier molecular flexibility index (Phi) is 2.91. The summed E-state index contributed by atoms with van der Waals surface area (Å²) in [6.45, 7) is 0. The molecule has 1 aliphatic carbocycles. The fourth-order valence-corrected chi connectivity index (χ4v) is 2.62. The Morgan fingerprint density at radius 2 is 2.00 bits per heavy atom. The van der Waals surface area contributed by atoms with Crippen molar-refractivity contribution >= 4 is 23.8 Å². The summed E-state index contributed by atoms with van der Waals surface area (Å²) in [5.74, 6) is -4.01. The number of carbonyl (C=O) groups excluding carboxylic acids is 2. The smallest absolute Gasteiger partial charge is 0.326 e. The molecule has 2 aliphatic heterocycles. The summed E-state index contributed by atoms with van der Waals surface area (Å²) >= 11 is 0. The molecule has 0 bridgehead atoms. The molecule has 3 aliphatic rings. The molecule has 0 radical (unpaired) electrons. The van der Waals surface area contributed by atoms with Crippen LogP contribution in [0.1, 0.15) is 12.8 Å². The molecule has 8 heteroatoms. The third-order valence-corrected chi connectivity index (χ3v) is 3.68.